The van der Waals surface area contributed by atoms with Crippen molar-refractivity contribution in [2.75, 3.05) is 26.2 Å². The number of alkyl halides is 3. The van der Waals surface area contributed by atoms with Crippen LogP contribution in [0.15, 0.2) is 35.2 Å². The maximum atomic E-state index is 13.0. The highest BCUT2D eigenvalue weighted by molar-refractivity contribution is 7.89. The Bertz CT molecular complexity index is 879. The van der Waals surface area contributed by atoms with E-state index in [0.29, 0.717) is 12.5 Å². The molecular weight excluding hydrogens is 417 g/mol. The number of allylic oxidation sites excluding steroid dienone is 2. The third-order valence-corrected chi connectivity index (χ3v) is 7.27. The Hall–Kier alpha value is -1.58. The molecule has 1 aliphatic heterocycles. The molecule has 1 heterocycles. The zero-order valence-electron chi connectivity index (χ0n) is 15.0. The predicted molar refractivity (Wildman–Crippen MR) is 98.3 cm³/mol. The van der Waals surface area contributed by atoms with E-state index in [1.54, 1.807) is 4.90 Å². The van der Waals surface area contributed by atoms with Gasteiger partial charge in [0.25, 0.3) is 0 Å². The predicted octanol–water partition coefficient (Wildman–Crippen LogP) is 3.55. The summed E-state index contributed by atoms with van der Waals surface area (Å²) in [6.45, 7) is 0.525. The van der Waals surface area contributed by atoms with Gasteiger partial charge >= 0.3 is 6.18 Å². The van der Waals surface area contributed by atoms with Crippen molar-refractivity contribution in [2.45, 2.75) is 30.3 Å². The van der Waals surface area contributed by atoms with Gasteiger partial charge in [-0.1, -0.05) is 23.8 Å². The van der Waals surface area contributed by atoms with Crippen LogP contribution in [0.2, 0.25) is 5.02 Å². The van der Waals surface area contributed by atoms with Crippen molar-refractivity contribution in [1.29, 1.82) is 0 Å². The van der Waals surface area contributed by atoms with Gasteiger partial charge in [0.15, 0.2) is 0 Å². The van der Waals surface area contributed by atoms with Gasteiger partial charge in [-0.3, -0.25) is 4.79 Å². The molecule has 0 saturated carbocycles. The molecular formula is C18H20ClF3N2O3S. The molecule has 10 heteroatoms. The van der Waals surface area contributed by atoms with Crippen LogP contribution in [0.25, 0.3) is 0 Å². The second kappa shape index (κ2) is 8.04. The molecule has 1 aliphatic carbocycles. The second-order valence-corrected chi connectivity index (χ2v) is 9.20. The first-order valence-electron chi connectivity index (χ1n) is 8.91. The summed E-state index contributed by atoms with van der Waals surface area (Å²) >= 11 is 5.57. The Morgan fingerprint density at radius 3 is 2.36 bits per heavy atom. The lowest BCUT2D eigenvalue weighted by molar-refractivity contribution is -0.138. The quantitative estimate of drug-likeness (QED) is 0.681. The van der Waals surface area contributed by atoms with Crippen LogP contribution in [0, 0.1) is 5.92 Å². The Morgan fingerprint density at radius 1 is 1.11 bits per heavy atom. The number of piperazine rings is 1. The molecule has 0 aromatic heterocycles. The molecule has 5 nitrogen and oxygen atoms in total. The fourth-order valence-electron chi connectivity index (χ4n) is 3.46. The average molecular weight is 437 g/mol. The first-order valence-corrected chi connectivity index (χ1v) is 10.7. The molecule has 0 radical (unpaired) electrons. The lowest BCUT2D eigenvalue weighted by atomic mass is 9.93. The molecule has 0 bridgehead atoms. The first-order chi connectivity index (χ1) is 13.1. The van der Waals surface area contributed by atoms with Gasteiger partial charge in [-0.2, -0.15) is 17.5 Å². The highest BCUT2D eigenvalue weighted by atomic mass is 35.5. The lowest BCUT2D eigenvalue weighted by Gasteiger charge is -2.36. The van der Waals surface area contributed by atoms with Crippen molar-refractivity contribution < 1.29 is 26.4 Å². The average Bonchev–Trinajstić information content (AvgIpc) is 2.67. The van der Waals surface area contributed by atoms with E-state index in [1.165, 1.54) is 0 Å². The van der Waals surface area contributed by atoms with Gasteiger partial charge in [0.05, 0.1) is 15.5 Å². The molecule has 1 atom stereocenters. The van der Waals surface area contributed by atoms with Crippen LogP contribution in [0.4, 0.5) is 13.2 Å². The van der Waals surface area contributed by atoms with Crippen LogP contribution in [0.1, 0.15) is 24.8 Å². The molecule has 2 aliphatic rings. The van der Waals surface area contributed by atoms with Crippen molar-refractivity contribution in [2.24, 2.45) is 5.92 Å². The van der Waals surface area contributed by atoms with E-state index in [2.05, 4.69) is 0 Å². The Labute approximate surface area is 166 Å². The zero-order chi connectivity index (χ0) is 20.5. The lowest BCUT2D eigenvalue weighted by Crippen LogP contribution is -2.51. The summed E-state index contributed by atoms with van der Waals surface area (Å²) in [6, 6.07) is 2.57. The number of carbonyl (C=O) groups is 1. The maximum absolute atomic E-state index is 13.0. The highest BCUT2D eigenvalue weighted by Crippen LogP contribution is 2.36. The van der Waals surface area contributed by atoms with Crippen molar-refractivity contribution in [3.63, 3.8) is 0 Å². The summed E-state index contributed by atoms with van der Waals surface area (Å²) in [5, 5.41) is -0.552. The van der Waals surface area contributed by atoms with Gasteiger partial charge in [0.2, 0.25) is 15.9 Å². The highest BCUT2D eigenvalue weighted by Gasteiger charge is 2.37. The summed E-state index contributed by atoms with van der Waals surface area (Å²) in [6.07, 6.45) is 1.58. The molecule has 3 rings (SSSR count). The number of benzene rings is 1. The standard InChI is InChI=1S/C18H20ClF3N2O3S/c19-16-7-6-14(12-15(16)18(20,21)22)28(26,27)24-10-8-23(9-11-24)17(25)13-4-2-1-3-5-13/h1-2,6-7,12-13H,3-5,8-11H2. The van der Waals surface area contributed by atoms with Crippen LogP contribution < -0.4 is 0 Å². The molecule has 1 unspecified atom stereocenters. The molecule has 1 saturated heterocycles. The molecule has 28 heavy (non-hydrogen) atoms. The third-order valence-electron chi connectivity index (χ3n) is 5.05. The van der Waals surface area contributed by atoms with E-state index >= 15 is 0 Å². The minimum absolute atomic E-state index is 0.00671. The molecule has 1 fully saturated rings. The van der Waals surface area contributed by atoms with Gasteiger partial charge in [-0.05, 0) is 37.5 Å². The normalized spacial score (nSPS) is 21.7. The van der Waals surface area contributed by atoms with Crippen LogP contribution in [0.3, 0.4) is 0 Å². The number of rotatable bonds is 3. The number of hydrogen-bond acceptors (Lipinski definition) is 3. The van der Waals surface area contributed by atoms with Crippen molar-refractivity contribution >= 4 is 27.5 Å². The van der Waals surface area contributed by atoms with E-state index in [1.807, 2.05) is 12.2 Å². The van der Waals surface area contributed by atoms with Gasteiger partial charge in [-0.15, -0.1) is 0 Å². The number of sulfonamides is 1. The van der Waals surface area contributed by atoms with Crippen LogP contribution >= 0.6 is 11.6 Å². The van der Waals surface area contributed by atoms with E-state index in [4.69, 9.17) is 11.6 Å². The molecule has 1 amide bonds. The van der Waals surface area contributed by atoms with Gasteiger partial charge in [-0.25, -0.2) is 8.42 Å². The topological polar surface area (TPSA) is 57.7 Å². The summed E-state index contributed by atoms with van der Waals surface area (Å²) in [5.74, 6) is -0.0778. The van der Waals surface area contributed by atoms with Crippen LogP contribution in [-0.2, 0) is 21.0 Å². The van der Waals surface area contributed by atoms with Crippen molar-refractivity contribution in [3.8, 4) is 0 Å². The van der Waals surface area contributed by atoms with E-state index in [0.717, 1.165) is 29.3 Å². The number of nitrogens with zero attached hydrogens (tertiary/aromatic N) is 2. The second-order valence-electron chi connectivity index (χ2n) is 6.85. The SMILES string of the molecule is O=C(C1CC=CCC1)N1CCN(S(=O)(=O)c2ccc(Cl)c(C(F)(F)F)c2)CC1. The number of hydrogen-bond donors (Lipinski definition) is 0. The van der Waals surface area contributed by atoms with Crippen LogP contribution in [-0.4, -0.2) is 49.7 Å². The van der Waals surface area contributed by atoms with Crippen molar-refractivity contribution in [3.05, 3.63) is 40.9 Å². The monoisotopic (exact) mass is 436 g/mol. The largest absolute Gasteiger partial charge is 0.417 e. The number of amides is 1. The minimum Gasteiger partial charge on any atom is -0.340 e. The number of carbonyl (C=O) groups excluding carboxylic acids is 1. The van der Waals surface area contributed by atoms with E-state index in [9.17, 15) is 26.4 Å². The summed E-state index contributed by atoms with van der Waals surface area (Å²) in [7, 11) is -4.11. The molecule has 0 N–H and O–H groups in total. The maximum Gasteiger partial charge on any atom is 0.417 e. The Balaban J connectivity index is 1.71. The third kappa shape index (κ3) is 4.36. The minimum atomic E-state index is -4.75. The Kier molecular flexibility index (Phi) is 6.07. The smallest absolute Gasteiger partial charge is 0.340 e. The molecule has 154 valence electrons. The van der Waals surface area contributed by atoms with Gasteiger partial charge in [0, 0.05) is 32.1 Å². The van der Waals surface area contributed by atoms with E-state index < -0.39 is 31.7 Å². The summed E-state index contributed by atoms with van der Waals surface area (Å²) < 4.78 is 65.7. The number of halogens is 4. The fourth-order valence-corrected chi connectivity index (χ4v) is 5.13. The van der Waals surface area contributed by atoms with E-state index in [-0.39, 0.29) is 38.0 Å². The van der Waals surface area contributed by atoms with Crippen molar-refractivity contribution in [1.82, 2.24) is 9.21 Å². The fraction of sp³-hybridized carbons (Fsp3) is 0.500. The first kappa shape index (κ1) is 21.1. The van der Waals surface area contributed by atoms with Gasteiger partial charge in [0.1, 0.15) is 0 Å². The molecule has 0 spiro atoms. The zero-order valence-corrected chi connectivity index (χ0v) is 16.5. The molecule has 1 aromatic rings. The van der Waals surface area contributed by atoms with Crippen LogP contribution in [0.5, 0.6) is 0 Å². The Morgan fingerprint density at radius 2 is 1.79 bits per heavy atom. The summed E-state index contributed by atoms with van der Waals surface area (Å²) in [4.78, 5) is 13.7. The van der Waals surface area contributed by atoms with Gasteiger partial charge < -0.3 is 4.90 Å². The molecule has 1 aromatic carbocycles. The summed E-state index contributed by atoms with van der Waals surface area (Å²) in [5.41, 5.74) is -1.19.